The molecule has 0 spiro atoms. The van der Waals surface area contributed by atoms with E-state index < -0.39 is 17.9 Å². The minimum Gasteiger partial charge on any atom is -0.480 e. The maximum atomic E-state index is 11.9. The van der Waals surface area contributed by atoms with E-state index in [0.717, 1.165) is 5.56 Å². The zero-order valence-corrected chi connectivity index (χ0v) is 12.4. The van der Waals surface area contributed by atoms with Gasteiger partial charge in [0.05, 0.1) is 0 Å². The third-order valence-corrected chi connectivity index (χ3v) is 3.12. The summed E-state index contributed by atoms with van der Waals surface area (Å²) in [5.74, 6) is -1.14. The first-order valence-electron chi connectivity index (χ1n) is 6.94. The molecule has 0 radical (unpaired) electrons. The highest BCUT2D eigenvalue weighted by molar-refractivity contribution is 5.83. The minimum atomic E-state index is -1.05. The number of aromatic nitrogens is 3. The van der Waals surface area contributed by atoms with Crippen LogP contribution < -0.4 is 5.32 Å². The molecule has 1 amide bonds. The summed E-state index contributed by atoms with van der Waals surface area (Å²) in [5.41, 5.74) is 0.854. The van der Waals surface area contributed by atoms with E-state index in [-0.39, 0.29) is 12.5 Å². The topological polar surface area (TPSA) is 97.1 Å². The molecule has 0 aliphatic heterocycles. The Labute approximate surface area is 128 Å². The summed E-state index contributed by atoms with van der Waals surface area (Å²) in [5, 5.41) is 15.8. The molecule has 0 unspecified atom stereocenters. The van der Waals surface area contributed by atoms with E-state index in [0.29, 0.717) is 5.82 Å². The van der Waals surface area contributed by atoms with E-state index in [1.54, 1.807) is 13.8 Å². The Bertz CT molecular complexity index is 652. The lowest BCUT2D eigenvalue weighted by Gasteiger charge is -2.17. The van der Waals surface area contributed by atoms with Gasteiger partial charge in [-0.05, 0) is 5.92 Å². The quantitative estimate of drug-likeness (QED) is 0.835. The maximum Gasteiger partial charge on any atom is 0.326 e. The molecule has 7 nitrogen and oxygen atoms in total. The Hall–Kier alpha value is -2.70. The molecule has 1 aromatic carbocycles. The molecule has 2 rings (SSSR count). The largest absolute Gasteiger partial charge is 0.480 e. The fraction of sp³-hybridized carbons (Fsp3) is 0.333. The Morgan fingerprint density at radius 2 is 1.95 bits per heavy atom. The third-order valence-electron chi connectivity index (χ3n) is 3.12. The van der Waals surface area contributed by atoms with Crippen molar-refractivity contribution in [3.05, 3.63) is 36.7 Å². The van der Waals surface area contributed by atoms with Gasteiger partial charge in [0.15, 0.2) is 5.82 Å². The molecular formula is C15H18N4O3. The molecule has 1 heterocycles. The van der Waals surface area contributed by atoms with Crippen LogP contribution in [0.5, 0.6) is 0 Å². The average molecular weight is 302 g/mol. The number of aliphatic carboxylic acids is 1. The highest BCUT2D eigenvalue weighted by Gasteiger charge is 2.23. The van der Waals surface area contributed by atoms with Crippen molar-refractivity contribution in [2.75, 3.05) is 0 Å². The average Bonchev–Trinajstić information content (AvgIpc) is 2.93. The van der Waals surface area contributed by atoms with Gasteiger partial charge < -0.3 is 10.4 Å². The van der Waals surface area contributed by atoms with Gasteiger partial charge in [-0.1, -0.05) is 44.2 Å². The fourth-order valence-corrected chi connectivity index (χ4v) is 1.97. The summed E-state index contributed by atoms with van der Waals surface area (Å²) in [4.78, 5) is 27.1. The first kappa shape index (κ1) is 15.7. The Morgan fingerprint density at radius 1 is 1.27 bits per heavy atom. The molecule has 1 aromatic heterocycles. The molecule has 0 bridgehead atoms. The maximum absolute atomic E-state index is 11.9. The Morgan fingerprint density at radius 3 is 2.55 bits per heavy atom. The van der Waals surface area contributed by atoms with Crippen molar-refractivity contribution in [3.63, 3.8) is 0 Å². The molecule has 0 aliphatic carbocycles. The normalized spacial score (nSPS) is 12.1. The molecule has 22 heavy (non-hydrogen) atoms. The predicted molar refractivity (Wildman–Crippen MR) is 79.9 cm³/mol. The lowest BCUT2D eigenvalue weighted by atomic mass is 10.1. The van der Waals surface area contributed by atoms with Crippen molar-refractivity contribution >= 4 is 11.9 Å². The van der Waals surface area contributed by atoms with Gasteiger partial charge in [-0.25, -0.2) is 14.5 Å². The molecule has 0 aliphatic rings. The second-order valence-corrected chi connectivity index (χ2v) is 5.26. The molecule has 1 atom stereocenters. The van der Waals surface area contributed by atoms with Crippen LogP contribution >= 0.6 is 0 Å². The summed E-state index contributed by atoms with van der Waals surface area (Å²) in [6.45, 7) is 3.40. The summed E-state index contributed by atoms with van der Waals surface area (Å²) in [6.07, 6.45) is 1.45. The molecule has 2 aromatic rings. The van der Waals surface area contributed by atoms with Crippen molar-refractivity contribution in [1.82, 2.24) is 20.1 Å². The molecule has 116 valence electrons. The number of hydrogen-bond acceptors (Lipinski definition) is 4. The van der Waals surface area contributed by atoms with Crippen molar-refractivity contribution in [2.24, 2.45) is 5.92 Å². The number of carboxylic acid groups (broad SMARTS) is 1. The van der Waals surface area contributed by atoms with Gasteiger partial charge in [-0.3, -0.25) is 4.79 Å². The standard InChI is InChI=1S/C15H18N4O3/c1-10(2)13(15(21)22)17-12(20)8-19-9-16-14(18-19)11-6-4-3-5-7-11/h3-7,9-10,13H,8H2,1-2H3,(H,17,20)(H,21,22)/t13-/m1/s1. The van der Waals surface area contributed by atoms with Crippen molar-refractivity contribution in [1.29, 1.82) is 0 Å². The number of carboxylic acids is 1. The van der Waals surface area contributed by atoms with E-state index in [4.69, 9.17) is 5.11 Å². The minimum absolute atomic E-state index is 0.0731. The lowest BCUT2D eigenvalue weighted by molar-refractivity contribution is -0.143. The molecule has 0 saturated heterocycles. The second kappa shape index (κ2) is 6.84. The summed E-state index contributed by atoms with van der Waals surface area (Å²) < 4.78 is 1.39. The number of benzene rings is 1. The van der Waals surface area contributed by atoms with Crippen LogP contribution in [0.3, 0.4) is 0 Å². The molecule has 0 fully saturated rings. The van der Waals surface area contributed by atoms with Gasteiger partial charge in [0.25, 0.3) is 0 Å². The van der Waals surface area contributed by atoms with Gasteiger partial charge in [-0.15, -0.1) is 0 Å². The van der Waals surface area contributed by atoms with Crippen molar-refractivity contribution in [2.45, 2.75) is 26.4 Å². The van der Waals surface area contributed by atoms with Gasteiger partial charge in [-0.2, -0.15) is 5.10 Å². The Kier molecular flexibility index (Phi) is 4.88. The highest BCUT2D eigenvalue weighted by Crippen LogP contribution is 2.12. The van der Waals surface area contributed by atoms with Crippen LogP contribution in [0.15, 0.2) is 36.7 Å². The zero-order valence-electron chi connectivity index (χ0n) is 12.4. The van der Waals surface area contributed by atoms with Crippen LogP contribution in [-0.2, 0) is 16.1 Å². The first-order valence-corrected chi connectivity index (χ1v) is 6.94. The van der Waals surface area contributed by atoms with Crippen LogP contribution in [0, 0.1) is 5.92 Å². The van der Waals surface area contributed by atoms with E-state index in [1.807, 2.05) is 30.3 Å². The van der Waals surface area contributed by atoms with Crippen molar-refractivity contribution < 1.29 is 14.7 Å². The number of nitrogens with zero attached hydrogens (tertiary/aromatic N) is 3. The van der Waals surface area contributed by atoms with Crippen LogP contribution in [0.2, 0.25) is 0 Å². The van der Waals surface area contributed by atoms with Crippen LogP contribution in [0.1, 0.15) is 13.8 Å². The van der Waals surface area contributed by atoms with Crippen LogP contribution in [0.25, 0.3) is 11.4 Å². The molecule has 0 saturated carbocycles. The molecular weight excluding hydrogens is 284 g/mol. The van der Waals surface area contributed by atoms with E-state index >= 15 is 0 Å². The summed E-state index contributed by atoms with van der Waals surface area (Å²) >= 11 is 0. The number of carbonyl (C=O) groups is 2. The molecule has 7 heteroatoms. The van der Waals surface area contributed by atoms with Crippen molar-refractivity contribution in [3.8, 4) is 11.4 Å². The Balaban J connectivity index is 2.01. The number of hydrogen-bond donors (Lipinski definition) is 2. The van der Waals surface area contributed by atoms with Gasteiger partial charge >= 0.3 is 5.97 Å². The second-order valence-electron chi connectivity index (χ2n) is 5.26. The predicted octanol–water partition coefficient (Wildman–Crippen LogP) is 1.17. The van der Waals surface area contributed by atoms with Crippen LogP contribution in [0.4, 0.5) is 0 Å². The number of rotatable bonds is 6. The van der Waals surface area contributed by atoms with E-state index in [1.165, 1.54) is 11.0 Å². The van der Waals surface area contributed by atoms with E-state index in [2.05, 4.69) is 15.4 Å². The number of nitrogens with one attached hydrogen (secondary N) is 1. The summed E-state index contributed by atoms with van der Waals surface area (Å²) in [7, 11) is 0. The zero-order chi connectivity index (χ0) is 16.1. The molecule has 2 N–H and O–H groups in total. The SMILES string of the molecule is CC(C)[C@@H](NC(=O)Cn1cnc(-c2ccccc2)n1)C(=O)O. The monoisotopic (exact) mass is 302 g/mol. The summed E-state index contributed by atoms with van der Waals surface area (Å²) in [6, 6.07) is 8.49. The smallest absolute Gasteiger partial charge is 0.326 e. The fourth-order valence-electron chi connectivity index (χ4n) is 1.97. The van der Waals surface area contributed by atoms with E-state index in [9.17, 15) is 9.59 Å². The number of carbonyl (C=O) groups excluding carboxylic acids is 1. The van der Waals surface area contributed by atoms with Gasteiger partial charge in [0.1, 0.15) is 18.9 Å². The first-order chi connectivity index (χ1) is 10.5. The van der Waals surface area contributed by atoms with Gasteiger partial charge in [0, 0.05) is 5.56 Å². The lowest BCUT2D eigenvalue weighted by Crippen LogP contribution is -2.45. The number of amides is 1. The van der Waals surface area contributed by atoms with Gasteiger partial charge in [0.2, 0.25) is 5.91 Å². The van der Waals surface area contributed by atoms with Crippen LogP contribution in [-0.4, -0.2) is 37.8 Å². The highest BCUT2D eigenvalue weighted by atomic mass is 16.4. The third kappa shape index (κ3) is 3.91.